The van der Waals surface area contributed by atoms with Crippen molar-refractivity contribution >= 4 is 28.7 Å². The van der Waals surface area contributed by atoms with Gasteiger partial charge in [-0.15, -0.1) is 0 Å². The van der Waals surface area contributed by atoms with Gasteiger partial charge in [0.1, 0.15) is 11.6 Å². The summed E-state index contributed by atoms with van der Waals surface area (Å²) >= 11 is 1.83. The molecule has 1 amide bonds. The van der Waals surface area contributed by atoms with Crippen LogP contribution in [0, 0.1) is 9.39 Å². The molecule has 0 aliphatic carbocycles. The number of amides is 1. The molecule has 76 valence electrons. The van der Waals surface area contributed by atoms with Crippen LogP contribution in [0.5, 0.6) is 5.75 Å². The van der Waals surface area contributed by atoms with E-state index in [0.29, 0.717) is 9.32 Å². The Morgan fingerprint density at radius 2 is 2.14 bits per heavy atom. The van der Waals surface area contributed by atoms with Crippen LogP contribution in [-0.2, 0) is 0 Å². The number of halogens is 2. The molecule has 0 aliphatic heterocycles. The number of carbonyl (C=O) groups excluding carboxylic acids is 1. The summed E-state index contributed by atoms with van der Waals surface area (Å²) in [6.07, 6.45) is -0.479. The second-order valence-electron chi connectivity index (χ2n) is 2.84. The van der Waals surface area contributed by atoms with Gasteiger partial charge in [0, 0.05) is 14.1 Å². The number of hydrogen-bond donors (Lipinski definition) is 0. The second-order valence-corrected chi connectivity index (χ2v) is 4.00. The van der Waals surface area contributed by atoms with Crippen molar-refractivity contribution in [1.29, 1.82) is 0 Å². The van der Waals surface area contributed by atoms with Gasteiger partial charge in [0.25, 0.3) is 0 Å². The van der Waals surface area contributed by atoms with Crippen molar-refractivity contribution in [3.05, 3.63) is 27.6 Å². The molecule has 0 aliphatic rings. The largest absolute Gasteiger partial charge is 0.414 e. The van der Waals surface area contributed by atoms with Crippen molar-refractivity contribution in [3.8, 4) is 5.75 Å². The van der Waals surface area contributed by atoms with Crippen LogP contribution in [0.1, 0.15) is 0 Å². The van der Waals surface area contributed by atoms with Crippen molar-refractivity contribution in [1.82, 2.24) is 4.90 Å². The lowest BCUT2D eigenvalue weighted by Crippen LogP contribution is -2.25. The molecule has 0 bridgehead atoms. The van der Waals surface area contributed by atoms with E-state index in [1.54, 1.807) is 14.1 Å². The lowest BCUT2D eigenvalue weighted by Gasteiger charge is -2.10. The molecule has 0 aromatic heterocycles. The first-order chi connectivity index (χ1) is 6.50. The van der Waals surface area contributed by atoms with E-state index in [0.717, 1.165) is 0 Å². The van der Waals surface area contributed by atoms with Crippen molar-refractivity contribution < 1.29 is 13.9 Å². The van der Waals surface area contributed by atoms with E-state index >= 15 is 0 Å². The summed E-state index contributed by atoms with van der Waals surface area (Å²) < 4.78 is 18.2. The van der Waals surface area contributed by atoms with Crippen molar-refractivity contribution in [2.24, 2.45) is 0 Å². The first kappa shape index (κ1) is 11.2. The Kier molecular flexibility index (Phi) is 3.68. The van der Waals surface area contributed by atoms with Gasteiger partial charge in [-0.3, -0.25) is 0 Å². The lowest BCUT2D eigenvalue weighted by atomic mass is 10.3. The Hall–Kier alpha value is -0.850. The monoisotopic (exact) mass is 309 g/mol. The van der Waals surface area contributed by atoms with E-state index in [4.69, 9.17) is 4.74 Å². The van der Waals surface area contributed by atoms with Crippen LogP contribution in [0.25, 0.3) is 0 Å². The summed E-state index contributed by atoms with van der Waals surface area (Å²) in [5.74, 6) is 0.0183. The third-order valence-corrected chi connectivity index (χ3v) is 2.29. The first-order valence-corrected chi connectivity index (χ1v) is 4.93. The van der Waals surface area contributed by atoms with Gasteiger partial charge in [-0.25, -0.2) is 9.18 Å². The quantitative estimate of drug-likeness (QED) is 0.746. The molecule has 1 aromatic rings. The predicted octanol–water partition coefficient (Wildman–Crippen LogP) is 2.49. The van der Waals surface area contributed by atoms with Crippen LogP contribution in [0.15, 0.2) is 18.2 Å². The Morgan fingerprint density at radius 3 is 2.64 bits per heavy atom. The van der Waals surface area contributed by atoms with Crippen molar-refractivity contribution in [3.63, 3.8) is 0 Å². The summed E-state index contributed by atoms with van der Waals surface area (Å²) in [6.45, 7) is 0. The van der Waals surface area contributed by atoms with E-state index in [2.05, 4.69) is 0 Å². The Balaban J connectivity index is 2.78. The number of nitrogens with zero attached hydrogens (tertiary/aromatic N) is 1. The summed E-state index contributed by atoms with van der Waals surface area (Å²) in [4.78, 5) is 12.4. The first-order valence-electron chi connectivity index (χ1n) is 3.85. The second kappa shape index (κ2) is 4.59. The fraction of sp³-hybridized carbons (Fsp3) is 0.222. The minimum absolute atomic E-state index is 0.324. The molecule has 0 unspecified atom stereocenters. The number of hydrogen-bond acceptors (Lipinski definition) is 2. The molecular formula is C9H9FINO2. The molecule has 5 heteroatoms. The number of ether oxygens (including phenoxy) is 1. The van der Waals surface area contributed by atoms with Crippen LogP contribution < -0.4 is 4.74 Å². The molecular weight excluding hydrogens is 300 g/mol. The van der Waals surface area contributed by atoms with Crippen LogP contribution in [0.4, 0.5) is 9.18 Å². The average molecular weight is 309 g/mol. The normalized spacial score (nSPS) is 9.71. The van der Waals surface area contributed by atoms with Crippen LogP contribution in [-0.4, -0.2) is 25.1 Å². The Morgan fingerprint density at radius 1 is 1.50 bits per heavy atom. The zero-order valence-electron chi connectivity index (χ0n) is 7.75. The molecule has 0 atom stereocenters. The molecule has 3 nitrogen and oxygen atoms in total. The highest BCUT2D eigenvalue weighted by Crippen LogP contribution is 2.18. The summed E-state index contributed by atoms with van der Waals surface area (Å²) in [6, 6.07) is 4.15. The number of benzene rings is 1. The maximum absolute atomic E-state index is 12.8. The Bertz CT molecular complexity index is 355. The van der Waals surface area contributed by atoms with E-state index in [1.165, 1.54) is 23.1 Å². The zero-order valence-corrected chi connectivity index (χ0v) is 9.91. The van der Waals surface area contributed by atoms with E-state index in [1.807, 2.05) is 22.6 Å². The van der Waals surface area contributed by atoms with E-state index in [9.17, 15) is 9.18 Å². The highest BCUT2D eigenvalue weighted by Gasteiger charge is 2.08. The molecule has 0 spiro atoms. The van der Waals surface area contributed by atoms with Gasteiger partial charge < -0.3 is 9.64 Å². The lowest BCUT2D eigenvalue weighted by molar-refractivity contribution is 0.172. The maximum Gasteiger partial charge on any atom is 0.414 e. The van der Waals surface area contributed by atoms with Gasteiger partial charge in [-0.1, -0.05) is 0 Å². The molecule has 0 fully saturated rings. The minimum Gasteiger partial charge on any atom is -0.410 e. The van der Waals surface area contributed by atoms with E-state index in [-0.39, 0.29) is 5.82 Å². The molecule has 0 radical (unpaired) electrons. The van der Waals surface area contributed by atoms with Crippen LogP contribution in [0.3, 0.4) is 0 Å². The maximum atomic E-state index is 12.8. The molecule has 1 aromatic carbocycles. The fourth-order valence-corrected chi connectivity index (χ4v) is 1.22. The predicted molar refractivity (Wildman–Crippen MR) is 58.8 cm³/mol. The topological polar surface area (TPSA) is 29.5 Å². The molecule has 0 N–H and O–H groups in total. The van der Waals surface area contributed by atoms with Gasteiger partial charge in [-0.2, -0.15) is 0 Å². The fourth-order valence-electron chi connectivity index (χ4n) is 0.732. The van der Waals surface area contributed by atoms with Crippen LogP contribution in [0.2, 0.25) is 0 Å². The van der Waals surface area contributed by atoms with Crippen molar-refractivity contribution in [2.45, 2.75) is 0 Å². The van der Waals surface area contributed by atoms with Gasteiger partial charge >= 0.3 is 6.09 Å². The molecule has 0 saturated carbocycles. The standard InChI is InChI=1S/C9H9FINO2/c1-12(2)9(13)14-6-3-4-7(10)8(11)5-6/h3-5H,1-2H3. The molecule has 1 rings (SSSR count). The zero-order chi connectivity index (χ0) is 10.7. The molecule has 0 heterocycles. The Labute approximate surface area is 95.0 Å². The van der Waals surface area contributed by atoms with Crippen LogP contribution >= 0.6 is 22.6 Å². The molecule has 14 heavy (non-hydrogen) atoms. The summed E-state index contributed by atoms with van der Waals surface area (Å²) in [5, 5.41) is 0. The highest BCUT2D eigenvalue weighted by atomic mass is 127. The highest BCUT2D eigenvalue weighted by molar-refractivity contribution is 14.1. The minimum atomic E-state index is -0.479. The molecule has 0 saturated heterocycles. The van der Waals surface area contributed by atoms with Gasteiger partial charge in [-0.05, 0) is 40.8 Å². The smallest absolute Gasteiger partial charge is 0.410 e. The summed E-state index contributed by atoms with van der Waals surface area (Å²) in [5.41, 5.74) is 0. The number of rotatable bonds is 1. The summed E-state index contributed by atoms with van der Waals surface area (Å²) in [7, 11) is 3.16. The van der Waals surface area contributed by atoms with Gasteiger partial charge in [0.2, 0.25) is 0 Å². The van der Waals surface area contributed by atoms with Gasteiger partial charge in [0.05, 0.1) is 3.57 Å². The SMILES string of the molecule is CN(C)C(=O)Oc1ccc(F)c(I)c1. The number of carbonyl (C=O) groups is 1. The van der Waals surface area contributed by atoms with Crippen molar-refractivity contribution in [2.75, 3.05) is 14.1 Å². The third kappa shape index (κ3) is 2.83. The van der Waals surface area contributed by atoms with Gasteiger partial charge in [0.15, 0.2) is 0 Å². The third-order valence-electron chi connectivity index (χ3n) is 1.46. The average Bonchev–Trinajstić information content (AvgIpc) is 2.11. The van der Waals surface area contributed by atoms with E-state index < -0.39 is 6.09 Å².